The van der Waals surface area contributed by atoms with E-state index in [2.05, 4.69) is 16.7 Å². The Balaban J connectivity index is 1.74. The second-order valence-corrected chi connectivity index (χ2v) is 9.97. The number of aromatic nitrogens is 2. The molecule has 0 spiro atoms. The lowest BCUT2D eigenvalue weighted by Gasteiger charge is -2.37. The Bertz CT molecular complexity index is 1280. The van der Waals surface area contributed by atoms with Crippen LogP contribution in [-0.2, 0) is 12.7 Å². The van der Waals surface area contributed by atoms with Crippen molar-refractivity contribution in [3.8, 4) is 5.69 Å². The normalized spacial score (nSPS) is 15.4. The first-order valence-electron chi connectivity index (χ1n) is 13.3. The Kier molecular flexibility index (Phi) is 8.64. The number of amides is 1. The van der Waals surface area contributed by atoms with Gasteiger partial charge in [-0.1, -0.05) is 19.9 Å². The van der Waals surface area contributed by atoms with Crippen molar-refractivity contribution in [3.05, 3.63) is 76.7 Å². The maximum atomic E-state index is 14.2. The maximum Gasteiger partial charge on any atom is 0.416 e. The van der Waals surface area contributed by atoms with E-state index in [4.69, 9.17) is 5.10 Å². The largest absolute Gasteiger partial charge is 0.416 e. The van der Waals surface area contributed by atoms with Crippen LogP contribution in [0.1, 0.15) is 54.4 Å². The Morgan fingerprint density at radius 1 is 1.05 bits per heavy atom. The summed E-state index contributed by atoms with van der Waals surface area (Å²) in [5.41, 5.74) is 1.53. The molecule has 39 heavy (non-hydrogen) atoms. The highest BCUT2D eigenvalue weighted by Crippen LogP contribution is 2.32. The minimum absolute atomic E-state index is 0.179. The summed E-state index contributed by atoms with van der Waals surface area (Å²) in [6.07, 6.45) is -3.81. The topological polar surface area (TPSA) is 44.6 Å². The van der Waals surface area contributed by atoms with E-state index in [0.717, 1.165) is 56.2 Å². The average Bonchev–Trinajstić information content (AvgIpc) is 3.26. The van der Waals surface area contributed by atoms with Crippen LogP contribution in [0.2, 0.25) is 0 Å². The quantitative estimate of drug-likeness (QED) is 0.330. The van der Waals surface area contributed by atoms with Crippen LogP contribution >= 0.6 is 0 Å². The smallest absolute Gasteiger partial charge is 0.354 e. The molecular formula is C29H35F4N5O. The Morgan fingerprint density at radius 3 is 2.28 bits per heavy atom. The molecule has 1 aliphatic heterocycles. The van der Waals surface area contributed by atoms with Crippen LogP contribution in [0.5, 0.6) is 0 Å². The Hall–Kier alpha value is -3.40. The number of nitrogens with zero attached hydrogens (tertiary/aromatic N) is 5. The highest BCUT2D eigenvalue weighted by Gasteiger charge is 2.32. The summed E-state index contributed by atoms with van der Waals surface area (Å²) in [6.45, 7) is 12.3. The van der Waals surface area contributed by atoms with Gasteiger partial charge in [-0.15, -0.1) is 0 Å². The van der Waals surface area contributed by atoms with Gasteiger partial charge in [0.15, 0.2) is 0 Å². The molecule has 2 aromatic carbocycles. The maximum absolute atomic E-state index is 14.2. The summed E-state index contributed by atoms with van der Waals surface area (Å²) in [7, 11) is 0. The standard InChI is InChI=1S/C29H35F4N5O/c1-5-20(3)37(28(39)22-10-12-23(13-11-22)29(31,32)33)19-26-21(4)34-38(25-9-7-8-24(30)18-25)27(26)36-16-14-35(6-2)15-17-36/h7-13,18,20H,5-6,14-17,19H2,1-4H3/t20-/m1/s1. The number of halogens is 4. The van der Waals surface area contributed by atoms with Crippen molar-refractivity contribution >= 4 is 11.7 Å². The van der Waals surface area contributed by atoms with Gasteiger partial charge in [0.05, 0.1) is 23.5 Å². The monoisotopic (exact) mass is 545 g/mol. The lowest BCUT2D eigenvalue weighted by molar-refractivity contribution is -0.137. The van der Waals surface area contributed by atoms with Crippen LogP contribution in [0.25, 0.3) is 5.69 Å². The summed E-state index contributed by atoms with van der Waals surface area (Å²) >= 11 is 0. The molecule has 1 aromatic heterocycles. The molecule has 0 N–H and O–H groups in total. The molecule has 0 saturated carbocycles. The van der Waals surface area contributed by atoms with Crippen molar-refractivity contribution in [3.63, 3.8) is 0 Å². The minimum atomic E-state index is -4.47. The van der Waals surface area contributed by atoms with Crippen LogP contribution in [0.15, 0.2) is 48.5 Å². The molecule has 1 aliphatic rings. The van der Waals surface area contributed by atoms with E-state index in [-0.39, 0.29) is 29.9 Å². The van der Waals surface area contributed by atoms with E-state index in [1.165, 1.54) is 24.3 Å². The molecule has 0 aliphatic carbocycles. The fourth-order valence-electron chi connectivity index (χ4n) is 4.91. The molecule has 1 saturated heterocycles. The van der Waals surface area contributed by atoms with Gasteiger partial charge < -0.3 is 14.7 Å². The molecular weight excluding hydrogens is 510 g/mol. The number of hydrogen-bond donors (Lipinski definition) is 0. The molecule has 4 rings (SSSR count). The van der Waals surface area contributed by atoms with Gasteiger partial charge in [0.25, 0.3) is 5.91 Å². The number of piperazine rings is 1. The third-order valence-corrected chi connectivity index (χ3v) is 7.50. The lowest BCUT2D eigenvalue weighted by Crippen LogP contribution is -2.47. The predicted octanol–water partition coefficient (Wildman–Crippen LogP) is 5.92. The van der Waals surface area contributed by atoms with Crippen LogP contribution in [0, 0.1) is 12.7 Å². The zero-order valence-corrected chi connectivity index (χ0v) is 22.8. The number of hydrogen-bond acceptors (Lipinski definition) is 4. The predicted molar refractivity (Wildman–Crippen MR) is 144 cm³/mol. The molecule has 6 nitrogen and oxygen atoms in total. The van der Waals surface area contributed by atoms with Crippen molar-refractivity contribution in [2.45, 2.75) is 52.9 Å². The Labute approximate surface area is 226 Å². The van der Waals surface area contributed by atoms with Crippen LogP contribution in [0.4, 0.5) is 23.4 Å². The number of anilines is 1. The second kappa shape index (κ2) is 11.8. The fourth-order valence-corrected chi connectivity index (χ4v) is 4.91. The van der Waals surface area contributed by atoms with E-state index in [1.54, 1.807) is 21.7 Å². The van der Waals surface area contributed by atoms with E-state index >= 15 is 0 Å². The van der Waals surface area contributed by atoms with E-state index in [9.17, 15) is 22.4 Å². The van der Waals surface area contributed by atoms with Crippen LogP contribution in [0.3, 0.4) is 0 Å². The highest BCUT2D eigenvalue weighted by molar-refractivity contribution is 5.94. The first kappa shape index (κ1) is 28.6. The van der Waals surface area contributed by atoms with Crippen molar-refractivity contribution in [2.24, 2.45) is 0 Å². The second-order valence-electron chi connectivity index (χ2n) is 9.97. The van der Waals surface area contributed by atoms with Gasteiger partial charge >= 0.3 is 6.18 Å². The molecule has 1 atom stereocenters. The van der Waals surface area contributed by atoms with Gasteiger partial charge in [-0.3, -0.25) is 4.79 Å². The van der Waals surface area contributed by atoms with Gasteiger partial charge in [0.1, 0.15) is 11.6 Å². The third-order valence-electron chi connectivity index (χ3n) is 7.50. The molecule has 210 valence electrons. The van der Waals surface area contributed by atoms with Gasteiger partial charge in [-0.25, -0.2) is 9.07 Å². The molecule has 0 unspecified atom stereocenters. The Morgan fingerprint density at radius 2 is 1.72 bits per heavy atom. The lowest BCUT2D eigenvalue weighted by atomic mass is 10.1. The first-order valence-corrected chi connectivity index (χ1v) is 13.3. The van der Waals surface area contributed by atoms with Gasteiger partial charge in [-0.05, 0) is 69.3 Å². The first-order chi connectivity index (χ1) is 18.5. The summed E-state index contributed by atoms with van der Waals surface area (Å²) in [5, 5.41) is 4.78. The van der Waals surface area contributed by atoms with Gasteiger partial charge in [0, 0.05) is 43.3 Å². The number of carbonyl (C=O) groups excluding carboxylic acids is 1. The zero-order valence-electron chi connectivity index (χ0n) is 22.8. The molecule has 2 heterocycles. The molecule has 1 amide bonds. The van der Waals surface area contributed by atoms with E-state index in [1.807, 2.05) is 20.8 Å². The molecule has 3 aromatic rings. The van der Waals surface area contributed by atoms with Crippen molar-refractivity contribution in [1.82, 2.24) is 19.6 Å². The van der Waals surface area contributed by atoms with Gasteiger partial charge in [-0.2, -0.15) is 18.3 Å². The van der Waals surface area contributed by atoms with Crippen LogP contribution in [-0.4, -0.2) is 64.3 Å². The molecule has 1 fully saturated rings. The fraction of sp³-hybridized carbons (Fsp3) is 0.448. The van der Waals surface area contributed by atoms with E-state index in [0.29, 0.717) is 17.8 Å². The average molecular weight is 546 g/mol. The summed E-state index contributed by atoms with van der Waals surface area (Å²) < 4.78 is 55.2. The number of carbonyl (C=O) groups is 1. The SMILES string of the molecule is CC[C@@H](C)N(Cc1c(C)nn(-c2cccc(F)c2)c1N1CCN(CC)CC1)C(=O)c1ccc(C(F)(F)F)cc1. The van der Waals surface area contributed by atoms with Crippen LogP contribution < -0.4 is 4.90 Å². The number of aryl methyl sites for hydroxylation is 1. The zero-order chi connectivity index (χ0) is 28.3. The summed E-state index contributed by atoms with van der Waals surface area (Å²) in [4.78, 5) is 19.9. The number of rotatable bonds is 8. The number of benzene rings is 2. The molecule has 10 heteroatoms. The summed E-state index contributed by atoms with van der Waals surface area (Å²) in [5.74, 6) is 0.0859. The number of alkyl halides is 3. The molecule has 0 bridgehead atoms. The van der Waals surface area contributed by atoms with Crippen molar-refractivity contribution in [2.75, 3.05) is 37.6 Å². The molecule has 0 radical (unpaired) electrons. The summed E-state index contributed by atoms with van der Waals surface area (Å²) in [6, 6.07) is 10.4. The van der Waals surface area contributed by atoms with Crippen molar-refractivity contribution in [1.29, 1.82) is 0 Å². The third kappa shape index (κ3) is 6.27. The van der Waals surface area contributed by atoms with Gasteiger partial charge in [0.2, 0.25) is 0 Å². The minimum Gasteiger partial charge on any atom is -0.354 e. The van der Waals surface area contributed by atoms with Crippen molar-refractivity contribution < 1.29 is 22.4 Å². The number of likely N-dealkylation sites (N-methyl/N-ethyl adjacent to an activating group) is 1. The van der Waals surface area contributed by atoms with E-state index < -0.39 is 11.7 Å². The highest BCUT2D eigenvalue weighted by atomic mass is 19.4.